The highest BCUT2D eigenvalue weighted by molar-refractivity contribution is 7.99. The van der Waals surface area contributed by atoms with Gasteiger partial charge >= 0.3 is 0 Å². The van der Waals surface area contributed by atoms with Crippen LogP contribution in [0.2, 0.25) is 5.02 Å². The van der Waals surface area contributed by atoms with Gasteiger partial charge in [0.25, 0.3) is 0 Å². The summed E-state index contributed by atoms with van der Waals surface area (Å²) in [6, 6.07) is 18.4. The Morgan fingerprint density at radius 2 is 1.82 bits per heavy atom. The maximum absolute atomic E-state index is 12.5. The molecule has 1 amide bonds. The van der Waals surface area contributed by atoms with Crippen LogP contribution < -0.4 is 14.8 Å². The number of ether oxygens (including phenoxy) is 2. The average Bonchev–Trinajstić information content (AvgIpc) is 3.28. The molecule has 0 fully saturated rings. The van der Waals surface area contributed by atoms with Gasteiger partial charge in [0.15, 0.2) is 11.0 Å². The first-order chi connectivity index (χ1) is 16.1. The van der Waals surface area contributed by atoms with Crippen LogP contribution in [-0.4, -0.2) is 45.6 Å². The van der Waals surface area contributed by atoms with Gasteiger partial charge in [-0.25, -0.2) is 4.98 Å². The molecule has 0 aliphatic carbocycles. The van der Waals surface area contributed by atoms with Crippen molar-refractivity contribution in [1.82, 2.24) is 19.7 Å². The zero-order chi connectivity index (χ0) is 23.2. The van der Waals surface area contributed by atoms with Gasteiger partial charge in [-0.05, 0) is 48.5 Å². The molecule has 0 saturated heterocycles. The molecule has 0 aliphatic rings. The van der Waals surface area contributed by atoms with E-state index in [-0.39, 0.29) is 11.7 Å². The van der Waals surface area contributed by atoms with Gasteiger partial charge in [0.1, 0.15) is 17.3 Å². The Bertz CT molecular complexity index is 1250. The number of aromatic nitrogens is 4. The number of hydrogen-bond acceptors (Lipinski definition) is 7. The summed E-state index contributed by atoms with van der Waals surface area (Å²) >= 11 is 7.11. The zero-order valence-electron chi connectivity index (χ0n) is 17.9. The zero-order valence-corrected chi connectivity index (χ0v) is 19.4. The first-order valence-electron chi connectivity index (χ1n) is 9.86. The fourth-order valence-corrected chi connectivity index (χ4v) is 3.90. The average molecular weight is 482 g/mol. The number of amides is 1. The van der Waals surface area contributed by atoms with Crippen LogP contribution in [0.15, 0.2) is 72.0 Å². The Hall–Kier alpha value is -3.56. The lowest BCUT2D eigenvalue weighted by molar-refractivity contribution is -0.113. The highest BCUT2D eigenvalue weighted by Gasteiger charge is 2.18. The van der Waals surface area contributed by atoms with Crippen LogP contribution in [0.25, 0.3) is 17.1 Å². The van der Waals surface area contributed by atoms with Crippen LogP contribution in [0.3, 0.4) is 0 Å². The molecule has 0 saturated carbocycles. The molecule has 4 rings (SSSR count). The largest absolute Gasteiger partial charge is 0.497 e. The molecule has 4 aromatic rings. The van der Waals surface area contributed by atoms with Gasteiger partial charge in [0.05, 0.1) is 25.0 Å². The van der Waals surface area contributed by atoms with Crippen molar-refractivity contribution in [2.75, 3.05) is 25.3 Å². The van der Waals surface area contributed by atoms with Gasteiger partial charge in [-0.1, -0.05) is 35.5 Å². The van der Waals surface area contributed by atoms with E-state index in [9.17, 15) is 4.79 Å². The van der Waals surface area contributed by atoms with Gasteiger partial charge in [0, 0.05) is 17.4 Å². The number of methoxy groups -OCH3 is 2. The Kier molecular flexibility index (Phi) is 7.11. The van der Waals surface area contributed by atoms with E-state index in [1.165, 1.54) is 18.0 Å². The predicted octanol–water partition coefficient (Wildman–Crippen LogP) is 4.73. The number of rotatable bonds is 8. The minimum atomic E-state index is -0.220. The normalized spacial score (nSPS) is 10.6. The summed E-state index contributed by atoms with van der Waals surface area (Å²) in [7, 11) is 3.23. The maximum atomic E-state index is 12.5. The fourth-order valence-electron chi connectivity index (χ4n) is 3.04. The standard InChI is InChI=1S/C23H20ClN5O3S/c1-31-18-9-7-17(8-10-18)29-22(15-4-3-5-19(12-15)32-2)27-28-23(29)33-14-21(30)26-20-11-6-16(24)13-25-20/h3-13H,14H2,1-2H3,(H,25,26,30). The van der Waals surface area contributed by atoms with Crippen LogP contribution >= 0.6 is 23.4 Å². The molecule has 168 valence electrons. The second-order valence-corrected chi connectivity index (χ2v) is 8.15. The quantitative estimate of drug-likeness (QED) is 0.364. The van der Waals surface area contributed by atoms with Gasteiger partial charge < -0.3 is 14.8 Å². The molecule has 0 atom stereocenters. The Labute approximate surface area is 199 Å². The summed E-state index contributed by atoms with van der Waals surface area (Å²) in [5, 5.41) is 12.6. The number of hydrogen-bond donors (Lipinski definition) is 1. The second kappa shape index (κ2) is 10.4. The van der Waals surface area contributed by atoms with Crippen molar-refractivity contribution in [3.63, 3.8) is 0 Å². The van der Waals surface area contributed by atoms with E-state index in [1.54, 1.807) is 26.4 Å². The van der Waals surface area contributed by atoms with E-state index in [4.69, 9.17) is 21.1 Å². The molecule has 2 heterocycles. The number of nitrogens with zero attached hydrogens (tertiary/aromatic N) is 4. The molecule has 2 aromatic carbocycles. The highest BCUT2D eigenvalue weighted by Crippen LogP contribution is 2.30. The number of halogens is 1. The lowest BCUT2D eigenvalue weighted by Gasteiger charge is -2.12. The van der Waals surface area contributed by atoms with Crippen LogP contribution in [0.5, 0.6) is 11.5 Å². The van der Waals surface area contributed by atoms with Crippen LogP contribution in [0.1, 0.15) is 0 Å². The van der Waals surface area contributed by atoms with Crippen molar-refractivity contribution < 1.29 is 14.3 Å². The van der Waals surface area contributed by atoms with E-state index in [0.29, 0.717) is 27.6 Å². The van der Waals surface area contributed by atoms with Gasteiger partial charge in [-0.3, -0.25) is 9.36 Å². The third-order valence-electron chi connectivity index (χ3n) is 4.62. The van der Waals surface area contributed by atoms with E-state index < -0.39 is 0 Å². The first kappa shape index (κ1) is 22.6. The summed E-state index contributed by atoms with van der Waals surface area (Å²) < 4.78 is 12.5. The SMILES string of the molecule is COc1ccc(-n2c(SCC(=O)Nc3ccc(Cl)cn3)nnc2-c2cccc(OC)c2)cc1. The van der Waals surface area contributed by atoms with Crippen molar-refractivity contribution in [3.8, 4) is 28.6 Å². The lowest BCUT2D eigenvalue weighted by Crippen LogP contribution is -2.15. The van der Waals surface area contributed by atoms with Crippen molar-refractivity contribution in [3.05, 3.63) is 71.9 Å². The number of benzene rings is 2. The highest BCUT2D eigenvalue weighted by atomic mass is 35.5. The maximum Gasteiger partial charge on any atom is 0.236 e. The van der Waals surface area contributed by atoms with Crippen molar-refractivity contribution in [2.24, 2.45) is 0 Å². The smallest absolute Gasteiger partial charge is 0.236 e. The molecule has 1 N–H and O–H groups in total. The summed E-state index contributed by atoms with van der Waals surface area (Å²) in [4.78, 5) is 16.6. The Balaban J connectivity index is 1.62. The molecule has 0 aliphatic heterocycles. The summed E-state index contributed by atoms with van der Waals surface area (Å²) in [5.74, 6) is 2.40. The molecule has 33 heavy (non-hydrogen) atoms. The molecule has 0 unspecified atom stereocenters. The van der Waals surface area contributed by atoms with Gasteiger partial charge in [0.2, 0.25) is 5.91 Å². The molecule has 8 nitrogen and oxygen atoms in total. The van der Waals surface area contributed by atoms with Crippen LogP contribution in [0.4, 0.5) is 5.82 Å². The van der Waals surface area contributed by atoms with Crippen molar-refractivity contribution in [1.29, 1.82) is 0 Å². The Morgan fingerprint density at radius 3 is 2.52 bits per heavy atom. The lowest BCUT2D eigenvalue weighted by atomic mass is 10.2. The summed E-state index contributed by atoms with van der Waals surface area (Å²) in [5.41, 5.74) is 1.67. The number of anilines is 1. The fraction of sp³-hybridized carbons (Fsp3) is 0.130. The van der Waals surface area contributed by atoms with E-state index >= 15 is 0 Å². The molecule has 2 aromatic heterocycles. The van der Waals surface area contributed by atoms with Gasteiger partial charge in [-0.15, -0.1) is 10.2 Å². The van der Waals surface area contributed by atoms with Gasteiger partial charge in [-0.2, -0.15) is 0 Å². The van der Waals surface area contributed by atoms with E-state index in [0.717, 1.165) is 17.0 Å². The predicted molar refractivity (Wildman–Crippen MR) is 128 cm³/mol. The van der Waals surface area contributed by atoms with Crippen LogP contribution in [0, 0.1) is 0 Å². The van der Waals surface area contributed by atoms with E-state index in [2.05, 4.69) is 20.5 Å². The number of carbonyl (C=O) groups excluding carboxylic acids is 1. The first-order valence-corrected chi connectivity index (χ1v) is 11.2. The molecule has 0 radical (unpaired) electrons. The number of pyridine rings is 1. The number of nitrogens with one attached hydrogen (secondary N) is 1. The second-order valence-electron chi connectivity index (χ2n) is 6.77. The molecule has 0 spiro atoms. The van der Waals surface area contributed by atoms with Crippen molar-refractivity contribution in [2.45, 2.75) is 5.16 Å². The summed E-state index contributed by atoms with van der Waals surface area (Å²) in [6.07, 6.45) is 1.48. The number of carbonyl (C=O) groups is 1. The van der Waals surface area contributed by atoms with Crippen LogP contribution in [-0.2, 0) is 4.79 Å². The molecule has 10 heteroatoms. The molecular formula is C23H20ClN5O3S. The van der Waals surface area contributed by atoms with E-state index in [1.807, 2.05) is 53.1 Å². The topological polar surface area (TPSA) is 91.2 Å². The number of thioether (sulfide) groups is 1. The Morgan fingerprint density at radius 1 is 1.03 bits per heavy atom. The minimum absolute atomic E-state index is 0.122. The third-order valence-corrected chi connectivity index (χ3v) is 5.77. The third kappa shape index (κ3) is 5.44. The molecular weight excluding hydrogens is 462 g/mol. The minimum Gasteiger partial charge on any atom is -0.497 e. The molecule has 0 bridgehead atoms. The van der Waals surface area contributed by atoms with Crippen molar-refractivity contribution >= 4 is 35.1 Å². The summed E-state index contributed by atoms with van der Waals surface area (Å²) in [6.45, 7) is 0. The monoisotopic (exact) mass is 481 g/mol.